The Morgan fingerprint density at radius 2 is 1.64 bits per heavy atom. The molecule has 0 unspecified atom stereocenters. The van der Waals surface area contributed by atoms with Crippen LogP contribution in [-0.4, -0.2) is 101 Å². The van der Waals surface area contributed by atoms with E-state index in [4.69, 9.17) is 25.8 Å². The number of rotatable bonds is 18. The van der Waals surface area contributed by atoms with Gasteiger partial charge in [0.2, 0.25) is 17.7 Å². The first kappa shape index (κ1) is 49.8. The van der Waals surface area contributed by atoms with E-state index in [0.717, 1.165) is 16.1 Å². The minimum atomic E-state index is -0.976. The minimum Gasteiger partial charge on any atom is -0.494 e. The molecule has 4 N–H and O–H groups in total. The number of hydrogen-bond donors (Lipinski definition) is 4. The number of nitriles is 1. The standard InChI is InChI=1S/C49H60ClN7O8S/c1-29(30-11-13-32(14-12-30)43-56-52-28-66-43)53-42(61)38-23-34(58)26-57(38)44(62)40(47(2,3)4)54-39(59)27-63-21-9-10-22-64-35-18-15-31(16-19-35)41(60)55-45-48(5,6)46(49(45,7)8)65-36-20-17-33(25-51)37(50)24-36/h11-20,24,28-29,34,38,40,45-46,58H,9-10,21-23,26-27H2,1-8H3,(H,53,61)(H,54,59)(H,55,60)/t29-,34+,38-,40+,45?,46?/m0/s1. The van der Waals surface area contributed by atoms with Gasteiger partial charge in [-0.15, -0.1) is 10.2 Å². The maximum absolute atomic E-state index is 14.0. The van der Waals surface area contributed by atoms with Crippen LogP contribution in [0.25, 0.3) is 10.6 Å². The molecule has 4 atom stereocenters. The molecular weight excluding hydrogens is 882 g/mol. The van der Waals surface area contributed by atoms with Crippen molar-refractivity contribution in [2.45, 2.75) is 111 Å². The van der Waals surface area contributed by atoms with Crippen molar-refractivity contribution >= 4 is 46.6 Å². The lowest BCUT2D eigenvalue weighted by Gasteiger charge is -2.63. The summed E-state index contributed by atoms with van der Waals surface area (Å²) in [4.78, 5) is 55.4. The van der Waals surface area contributed by atoms with Crippen molar-refractivity contribution in [1.29, 1.82) is 5.26 Å². The summed E-state index contributed by atoms with van der Waals surface area (Å²) in [6.45, 7) is 15.9. The highest BCUT2D eigenvalue weighted by molar-refractivity contribution is 7.12. The molecule has 1 saturated heterocycles. The zero-order valence-electron chi connectivity index (χ0n) is 38.7. The Morgan fingerprint density at radius 1 is 0.970 bits per heavy atom. The SMILES string of the molecule is C[C@H](NC(=O)[C@@H]1C[C@@H](O)CN1C(=O)[C@@H](NC(=O)COCCCCOc1ccc(C(=O)NC2C(C)(C)C(Oc3ccc(C#N)c(Cl)c3)C2(C)C)cc1)C(C)(C)C)c1ccc(-c2nncs2)cc1. The van der Waals surface area contributed by atoms with Crippen molar-refractivity contribution in [3.05, 3.63) is 94.0 Å². The number of amides is 4. The van der Waals surface area contributed by atoms with Gasteiger partial charge in [0, 0.05) is 53.6 Å². The summed E-state index contributed by atoms with van der Waals surface area (Å²) in [5.74, 6) is -0.342. The first-order valence-electron chi connectivity index (χ1n) is 22.1. The molecule has 1 aliphatic heterocycles. The minimum absolute atomic E-state index is 0.0309. The Hall–Kier alpha value is -5.60. The number of β-amino-alcohol motifs (C(OH)–C–C–N with tert-alkyl or cyclic N) is 1. The van der Waals surface area contributed by atoms with Crippen LogP contribution in [0.4, 0.5) is 0 Å². The molecular formula is C49H60ClN7O8S. The number of likely N-dealkylation sites (tertiary alicyclic amines) is 1. The van der Waals surface area contributed by atoms with E-state index in [9.17, 15) is 29.5 Å². The summed E-state index contributed by atoms with van der Waals surface area (Å²) in [7, 11) is 0. The highest BCUT2D eigenvalue weighted by atomic mass is 35.5. The lowest BCUT2D eigenvalue weighted by molar-refractivity contribution is -0.164. The van der Waals surface area contributed by atoms with Crippen LogP contribution in [0.2, 0.25) is 5.02 Å². The zero-order chi connectivity index (χ0) is 48.0. The van der Waals surface area contributed by atoms with Crippen molar-refractivity contribution in [3.8, 4) is 28.1 Å². The summed E-state index contributed by atoms with van der Waals surface area (Å²) < 4.78 is 17.9. The van der Waals surface area contributed by atoms with Crippen LogP contribution in [0, 0.1) is 27.6 Å². The molecule has 0 bridgehead atoms. The number of benzene rings is 3. The van der Waals surface area contributed by atoms with Crippen LogP contribution in [0.3, 0.4) is 0 Å². The second-order valence-corrected chi connectivity index (χ2v) is 20.5. The first-order valence-corrected chi connectivity index (χ1v) is 23.4. The molecule has 352 valence electrons. The maximum atomic E-state index is 14.0. The number of aromatic nitrogens is 2. The number of carbonyl (C=O) groups excluding carboxylic acids is 4. The van der Waals surface area contributed by atoms with E-state index in [1.54, 1.807) is 48.0 Å². The van der Waals surface area contributed by atoms with Crippen LogP contribution in [0.15, 0.2) is 72.2 Å². The van der Waals surface area contributed by atoms with Crippen LogP contribution < -0.4 is 25.4 Å². The summed E-state index contributed by atoms with van der Waals surface area (Å²) in [5, 5.41) is 37.9. The van der Waals surface area contributed by atoms with Gasteiger partial charge in [0.05, 0.1) is 29.3 Å². The van der Waals surface area contributed by atoms with Gasteiger partial charge in [0.15, 0.2) is 0 Å². The Kier molecular flexibility index (Phi) is 15.8. The van der Waals surface area contributed by atoms with E-state index in [0.29, 0.717) is 47.1 Å². The van der Waals surface area contributed by atoms with Gasteiger partial charge in [-0.1, -0.05) is 95.7 Å². The first-order chi connectivity index (χ1) is 31.2. The Bertz CT molecular complexity index is 2370. The molecule has 0 radical (unpaired) electrons. The highest BCUT2D eigenvalue weighted by Crippen LogP contribution is 2.55. The second-order valence-electron chi connectivity index (χ2n) is 19.3. The third kappa shape index (κ3) is 11.7. The van der Waals surface area contributed by atoms with Gasteiger partial charge in [0.1, 0.15) is 52.9 Å². The quantitative estimate of drug-likeness (QED) is 0.0757. The number of hydrogen-bond acceptors (Lipinski definition) is 12. The molecule has 2 fully saturated rings. The van der Waals surface area contributed by atoms with Crippen LogP contribution in [-0.2, 0) is 19.1 Å². The molecule has 1 aliphatic carbocycles. The van der Waals surface area contributed by atoms with Crippen LogP contribution >= 0.6 is 22.9 Å². The third-order valence-corrected chi connectivity index (χ3v) is 13.4. The van der Waals surface area contributed by atoms with Gasteiger partial charge in [-0.05, 0) is 67.1 Å². The molecule has 6 rings (SSSR count). The van der Waals surface area contributed by atoms with Crippen molar-refractivity contribution < 1.29 is 38.5 Å². The van der Waals surface area contributed by atoms with Crippen molar-refractivity contribution in [2.75, 3.05) is 26.4 Å². The molecule has 1 saturated carbocycles. The number of aliphatic hydroxyl groups excluding tert-OH is 1. The molecule has 4 aromatic rings. The summed E-state index contributed by atoms with van der Waals surface area (Å²) in [6, 6.07) is 19.2. The van der Waals surface area contributed by atoms with E-state index in [-0.39, 0.29) is 56.2 Å². The molecule has 0 spiro atoms. The molecule has 17 heteroatoms. The van der Waals surface area contributed by atoms with E-state index in [1.807, 2.05) is 52.0 Å². The van der Waals surface area contributed by atoms with Gasteiger partial charge >= 0.3 is 0 Å². The number of ether oxygens (including phenoxy) is 3. The van der Waals surface area contributed by atoms with Crippen molar-refractivity contribution in [3.63, 3.8) is 0 Å². The van der Waals surface area contributed by atoms with E-state index in [1.165, 1.54) is 16.2 Å². The largest absolute Gasteiger partial charge is 0.494 e. The predicted molar refractivity (Wildman–Crippen MR) is 251 cm³/mol. The lowest BCUT2D eigenvalue weighted by atomic mass is 9.49. The Morgan fingerprint density at radius 3 is 2.26 bits per heavy atom. The molecule has 66 heavy (non-hydrogen) atoms. The molecule has 4 amide bonds. The normalized spacial score (nSPS) is 20.5. The average molecular weight is 943 g/mol. The average Bonchev–Trinajstić information content (AvgIpc) is 3.96. The molecule has 2 aliphatic rings. The topological polar surface area (TPSA) is 205 Å². The van der Waals surface area contributed by atoms with E-state index >= 15 is 0 Å². The van der Waals surface area contributed by atoms with Crippen molar-refractivity contribution in [1.82, 2.24) is 31.0 Å². The Labute approximate surface area is 395 Å². The van der Waals surface area contributed by atoms with E-state index < -0.39 is 46.2 Å². The molecule has 2 heterocycles. The number of nitrogens with one attached hydrogen (secondary N) is 3. The van der Waals surface area contributed by atoms with Gasteiger partial charge in [-0.2, -0.15) is 5.26 Å². The van der Waals surface area contributed by atoms with Gasteiger partial charge in [-0.25, -0.2) is 0 Å². The lowest BCUT2D eigenvalue weighted by Crippen LogP contribution is -2.74. The van der Waals surface area contributed by atoms with Crippen LogP contribution in [0.1, 0.15) is 102 Å². The number of nitrogens with zero attached hydrogens (tertiary/aromatic N) is 4. The Balaban J connectivity index is 0.903. The fourth-order valence-corrected chi connectivity index (χ4v) is 9.88. The van der Waals surface area contributed by atoms with Crippen molar-refractivity contribution in [2.24, 2.45) is 16.2 Å². The smallest absolute Gasteiger partial charge is 0.251 e. The summed E-state index contributed by atoms with van der Waals surface area (Å²) >= 11 is 7.66. The number of aliphatic hydroxyl groups is 1. The summed E-state index contributed by atoms with van der Waals surface area (Å²) in [5.41, 5.74) is 2.81. The molecule has 15 nitrogen and oxygen atoms in total. The maximum Gasteiger partial charge on any atom is 0.251 e. The fourth-order valence-electron chi connectivity index (χ4n) is 9.10. The zero-order valence-corrected chi connectivity index (χ0v) is 40.3. The number of halogens is 1. The number of unbranched alkanes of at least 4 members (excludes halogenated alkanes) is 1. The fraction of sp³-hybridized carbons (Fsp3) is 0.490. The van der Waals surface area contributed by atoms with Gasteiger partial charge in [-0.3, -0.25) is 19.2 Å². The molecule has 3 aromatic carbocycles. The highest BCUT2D eigenvalue weighted by Gasteiger charge is 2.64. The third-order valence-electron chi connectivity index (χ3n) is 12.4. The van der Waals surface area contributed by atoms with Gasteiger partial charge < -0.3 is 40.2 Å². The second kappa shape index (κ2) is 20.9. The van der Waals surface area contributed by atoms with E-state index in [2.05, 4.69) is 59.9 Å². The molecule has 1 aromatic heterocycles. The summed E-state index contributed by atoms with van der Waals surface area (Å²) in [6.07, 6.45) is 0.224. The number of carbonyl (C=O) groups is 4. The predicted octanol–water partition coefficient (Wildman–Crippen LogP) is 6.89. The monoisotopic (exact) mass is 941 g/mol. The van der Waals surface area contributed by atoms with Crippen LogP contribution in [0.5, 0.6) is 11.5 Å². The van der Waals surface area contributed by atoms with Gasteiger partial charge in [0.25, 0.3) is 5.91 Å².